The van der Waals surface area contributed by atoms with Crippen molar-refractivity contribution in [2.24, 2.45) is 0 Å². The number of nitro benzene ring substituents is 1. The molecule has 45 heavy (non-hydrogen) atoms. The number of para-hydroxylation sites is 1. The van der Waals surface area contributed by atoms with Gasteiger partial charge in [0, 0.05) is 24.6 Å². The van der Waals surface area contributed by atoms with Crippen molar-refractivity contribution in [2.45, 2.75) is 33.8 Å². The molecule has 244 valence electrons. The Bertz CT molecular complexity index is 1820. The second-order valence-electron chi connectivity index (χ2n) is 9.82. The maximum atomic E-state index is 14.0. The summed E-state index contributed by atoms with van der Waals surface area (Å²) < 4.78 is 160. The van der Waals surface area contributed by atoms with Crippen molar-refractivity contribution >= 4 is 35.8 Å². The van der Waals surface area contributed by atoms with E-state index in [-0.39, 0.29) is 15.4 Å². The molecule has 0 spiro atoms. The quantitative estimate of drug-likeness (QED) is 0.191. The zero-order valence-corrected chi connectivity index (χ0v) is 24.8. The first-order chi connectivity index (χ1) is 20.7. The molecule has 0 radical (unpaired) electrons. The number of sulfonamides is 3. The van der Waals surface area contributed by atoms with Gasteiger partial charge in [-0.1, -0.05) is 76.5 Å². The molecule has 1 aliphatic rings. The molecule has 3 aromatic carbocycles. The minimum atomic E-state index is -7.35. The molecule has 1 heterocycles. The molecular weight excluding hydrogens is 680 g/mol. The van der Waals surface area contributed by atoms with Crippen molar-refractivity contribution in [3.63, 3.8) is 0 Å². The van der Waals surface area contributed by atoms with Gasteiger partial charge in [0.2, 0.25) is 10.0 Å². The van der Waals surface area contributed by atoms with Crippen LogP contribution in [0.1, 0.15) is 17.5 Å². The van der Waals surface area contributed by atoms with E-state index in [2.05, 4.69) is 0 Å². The number of hydrogen-bond acceptors (Lipinski definition) is 8. The molecule has 0 aliphatic carbocycles. The molecule has 1 aliphatic heterocycles. The molecule has 1 atom stereocenters. The van der Waals surface area contributed by atoms with Gasteiger partial charge in [-0.2, -0.15) is 30.6 Å². The minimum absolute atomic E-state index is 0.0671. The summed E-state index contributed by atoms with van der Waals surface area (Å²) in [6.45, 7) is -2.35. The largest absolute Gasteiger partial charge is 0.512 e. The number of rotatable bonds is 8. The third-order valence-electron chi connectivity index (χ3n) is 7.13. The highest BCUT2D eigenvalue weighted by molar-refractivity contribution is 8.04. The van der Waals surface area contributed by atoms with Crippen LogP contribution < -0.4 is 0 Å². The molecule has 0 saturated carbocycles. The molecule has 0 amide bonds. The van der Waals surface area contributed by atoms with Crippen molar-refractivity contribution in [1.82, 2.24) is 8.02 Å². The second-order valence-corrected chi connectivity index (χ2v) is 15.6. The molecule has 1 unspecified atom stereocenters. The van der Waals surface area contributed by atoms with E-state index in [1.807, 2.05) is 0 Å². The fourth-order valence-electron chi connectivity index (χ4n) is 5.25. The van der Waals surface area contributed by atoms with Gasteiger partial charge < -0.3 is 0 Å². The lowest BCUT2D eigenvalue weighted by molar-refractivity contribution is -0.387. The van der Waals surface area contributed by atoms with E-state index in [0.29, 0.717) is 0 Å². The summed E-state index contributed by atoms with van der Waals surface area (Å²) in [5, 5.41) is 11.7. The average Bonchev–Trinajstić information content (AvgIpc) is 2.96. The zero-order valence-electron chi connectivity index (χ0n) is 22.4. The van der Waals surface area contributed by atoms with Crippen LogP contribution in [0.5, 0.6) is 0 Å². The highest BCUT2D eigenvalue weighted by atomic mass is 32.3. The number of hydrogen-bond donors (Lipinski definition) is 0. The molecule has 1 saturated heterocycles. The van der Waals surface area contributed by atoms with E-state index in [4.69, 9.17) is 0 Å². The molecule has 4 rings (SSSR count). The van der Waals surface area contributed by atoms with Gasteiger partial charge in [-0.05, 0) is 23.6 Å². The van der Waals surface area contributed by atoms with Crippen molar-refractivity contribution in [3.8, 4) is 0 Å². The number of nitro groups is 1. The fourth-order valence-corrected chi connectivity index (χ4v) is 9.96. The van der Waals surface area contributed by atoms with Gasteiger partial charge in [0.1, 0.15) is 0 Å². The van der Waals surface area contributed by atoms with E-state index in [9.17, 15) is 61.7 Å². The molecule has 0 N–H and O–H groups in total. The fraction of sp³-hybridized carbons (Fsp3) is 0.280. The Morgan fingerprint density at radius 3 is 1.58 bits per heavy atom. The van der Waals surface area contributed by atoms with Crippen LogP contribution in [-0.2, 0) is 35.5 Å². The summed E-state index contributed by atoms with van der Waals surface area (Å²) >= 11 is 0. The lowest BCUT2D eigenvalue weighted by Gasteiger charge is -2.48. The Labute approximate surface area is 253 Å². The van der Waals surface area contributed by atoms with Gasteiger partial charge in [0.05, 0.1) is 11.0 Å². The molecule has 1 fully saturated rings. The Hall–Kier alpha value is -3.59. The van der Waals surface area contributed by atoms with Gasteiger partial charge in [-0.25, -0.2) is 25.3 Å². The van der Waals surface area contributed by atoms with Crippen LogP contribution in [0.15, 0.2) is 89.8 Å². The Morgan fingerprint density at radius 1 is 0.733 bits per heavy atom. The summed E-state index contributed by atoms with van der Waals surface area (Å²) in [6.07, 6.45) is -1.09. The SMILES string of the molecule is O=[N+]([O-])c1ccccc1S(=O)(=O)N1CC(N(S(=O)(=O)C(F)(F)F)S(=O)(=O)C(F)(F)F)CC(c2ccccc2)(c2ccccc2)C1. The maximum absolute atomic E-state index is 14.0. The van der Waals surface area contributed by atoms with Crippen LogP contribution in [0.4, 0.5) is 32.0 Å². The number of benzene rings is 3. The van der Waals surface area contributed by atoms with Gasteiger partial charge >= 0.3 is 31.1 Å². The summed E-state index contributed by atoms with van der Waals surface area (Å²) in [5.41, 5.74) is -16.0. The van der Waals surface area contributed by atoms with Crippen LogP contribution >= 0.6 is 0 Å². The standard InChI is InChI=1S/C25H21F6N3O8S3/c26-24(27,28)44(39,40)34(45(41,42)25(29,30)31)20-15-23(18-9-3-1-4-10-18,19-11-5-2-6-12-19)17-32(16-20)43(37,38)22-14-8-7-13-21(22)33(35)36/h1-14,20H,15-17H2. The van der Waals surface area contributed by atoms with E-state index in [1.165, 1.54) is 60.7 Å². The normalized spacial score (nSPS) is 18.5. The van der Waals surface area contributed by atoms with Crippen LogP contribution in [0, 0.1) is 10.1 Å². The third-order valence-corrected chi connectivity index (χ3v) is 12.9. The van der Waals surface area contributed by atoms with Crippen LogP contribution in [-0.4, -0.2) is 68.3 Å². The van der Waals surface area contributed by atoms with E-state index >= 15 is 0 Å². The predicted octanol–water partition coefficient (Wildman–Crippen LogP) is 4.35. The van der Waals surface area contributed by atoms with Gasteiger partial charge in [-0.15, -0.1) is 0 Å². The number of piperidine rings is 1. The molecule has 3 aromatic rings. The minimum Gasteiger partial charge on any atom is -0.258 e. The van der Waals surface area contributed by atoms with Crippen LogP contribution in [0.25, 0.3) is 0 Å². The van der Waals surface area contributed by atoms with Gasteiger partial charge in [0.15, 0.2) is 4.90 Å². The topological polar surface area (TPSA) is 152 Å². The summed E-state index contributed by atoms with van der Waals surface area (Å²) in [4.78, 5) is 9.57. The van der Waals surface area contributed by atoms with Gasteiger partial charge in [-0.3, -0.25) is 10.1 Å². The van der Waals surface area contributed by atoms with E-state index in [0.717, 1.165) is 24.3 Å². The van der Waals surface area contributed by atoms with Crippen LogP contribution in [0.3, 0.4) is 0 Å². The number of nitrogens with zero attached hydrogens (tertiary/aromatic N) is 3. The highest BCUT2D eigenvalue weighted by Gasteiger charge is 2.65. The predicted molar refractivity (Wildman–Crippen MR) is 146 cm³/mol. The second kappa shape index (κ2) is 11.6. The molecule has 0 aromatic heterocycles. The zero-order chi connectivity index (χ0) is 33.6. The first-order valence-electron chi connectivity index (χ1n) is 12.4. The Balaban J connectivity index is 2.10. The van der Waals surface area contributed by atoms with Gasteiger partial charge in [0.25, 0.3) is 5.69 Å². The van der Waals surface area contributed by atoms with E-state index < -0.39 is 91.3 Å². The third kappa shape index (κ3) is 6.03. The number of halogens is 6. The van der Waals surface area contributed by atoms with Crippen molar-refractivity contribution in [3.05, 3.63) is 106 Å². The summed E-state index contributed by atoms with van der Waals surface area (Å²) in [5.74, 6) is 0. The summed E-state index contributed by atoms with van der Waals surface area (Å²) in [7, 11) is -19.9. The molecular formula is C25H21F6N3O8S3. The Morgan fingerprint density at radius 2 is 1.16 bits per heavy atom. The molecule has 20 heteroatoms. The Kier molecular flexibility index (Phi) is 8.87. The van der Waals surface area contributed by atoms with Crippen molar-refractivity contribution in [1.29, 1.82) is 0 Å². The molecule has 11 nitrogen and oxygen atoms in total. The van der Waals surface area contributed by atoms with Crippen LogP contribution in [0.2, 0.25) is 0 Å². The number of alkyl halides is 6. The first kappa shape index (κ1) is 34.3. The van der Waals surface area contributed by atoms with Crippen molar-refractivity contribution in [2.75, 3.05) is 13.1 Å². The summed E-state index contributed by atoms with van der Waals surface area (Å²) in [6, 6.07) is 14.8. The lowest BCUT2D eigenvalue weighted by Crippen LogP contribution is -2.63. The molecule has 0 bridgehead atoms. The maximum Gasteiger partial charge on any atom is 0.512 e. The smallest absolute Gasteiger partial charge is 0.258 e. The monoisotopic (exact) mass is 701 g/mol. The lowest BCUT2D eigenvalue weighted by atomic mass is 9.68. The van der Waals surface area contributed by atoms with E-state index in [1.54, 1.807) is 0 Å². The van der Waals surface area contributed by atoms with Crippen molar-refractivity contribution < 1.29 is 56.5 Å². The average molecular weight is 702 g/mol. The highest BCUT2D eigenvalue weighted by Crippen LogP contribution is 2.47. The first-order valence-corrected chi connectivity index (χ1v) is 16.8.